The molecule has 0 saturated heterocycles. The maximum absolute atomic E-state index is 12.7. The molecule has 2 aliphatic rings. The number of carboxylic acid groups (broad SMARTS) is 1. The molecule has 0 aliphatic heterocycles. The van der Waals surface area contributed by atoms with Crippen LogP contribution in [0.25, 0.3) is 0 Å². The van der Waals surface area contributed by atoms with Crippen molar-refractivity contribution in [3.8, 4) is 5.75 Å². The number of ether oxygens (including phenoxy) is 2. The zero-order valence-corrected chi connectivity index (χ0v) is 21.0. The van der Waals surface area contributed by atoms with E-state index in [-0.39, 0.29) is 36.6 Å². The number of unbranched alkanes of at least 4 members (excludes halogenated alkanes) is 2. The number of fused-ring (bicyclic) bond motifs is 2. The Morgan fingerprint density at radius 3 is 2.65 bits per heavy atom. The number of aliphatic hydroxyl groups excluding tert-OH is 1. The summed E-state index contributed by atoms with van der Waals surface area (Å²) in [7, 11) is 0. The molecule has 2 aliphatic carbocycles. The van der Waals surface area contributed by atoms with E-state index in [0.29, 0.717) is 17.6 Å². The third-order valence-corrected chi connectivity index (χ3v) is 7.93. The molecule has 3 rings (SSSR count). The predicted molar refractivity (Wildman–Crippen MR) is 131 cm³/mol. The van der Waals surface area contributed by atoms with Gasteiger partial charge in [-0.25, -0.2) is 4.79 Å². The highest BCUT2D eigenvalue weighted by Gasteiger charge is 2.47. The first-order valence-electron chi connectivity index (χ1n) is 13.2. The van der Waals surface area contributed by atoms with Crippen LogP contribution in [-0.2, 0) is 27.2 Å². The number of aliphatic carboxylic acids is 1. The van der Waals surface area contributed by atoms with E-state index in [1.165, 1.54) is 5.56 Å². The van der Waals surface area contributed by atoms with E-state index in [9.17, 15) is 14.7 Å². The molecular weight excluding hydrogens is 432 g/mol. The fraction of sp³-hybridized carbons (Fsp3) is 0.714. The van der Waals surface area contributed by atoms with Crippen LogP contribution >= 0.6 is 0 Å². The van der Waals surface area contributed by atoms with Gasteiger partial charge < -0.3 is 19.7 Å². The van der Waals surface area contributed by atoms with E-state index in [1.54, 1.807) is 0 Å². The molecule has 1 aromatic rings. The maximum atomic E-state index is 12.7. The molecule has 0 unspecified atom stereocenters. The van der Waals surface area contributed by atoms with Crippen LogP contribution < -0.4 is 4.74 Å². The van der Waals surface area contributed by atoms with Gasteiger partial charge in [-0.15, -0.1) is 0 Å². The van der Waals surface area contributed by atoms with E-state index in [2.05, 4.69) is 13.0 Å². The molecule has 0 heterocycles. The van der Waals surface area contributed by atoms with Gasteiger partial charge in [0, 0.05) is 0 Å². The van der Waals surface area contributed by atoms with Crippen LogP contribution in [0.5, 0.6) is 5.75 Å². The van der Waals surface area contributed by atoms with Crippen molar-refractivity contribution in [2.45, 2.75) is 97.2 Å². The summed E-state index contributed by atoms with van der Waals surface area (Å²) < 4.78 is 11.7. The van der Waals surface area contributed by atoms with Crippen molar-refractivity contribution in [3.63, 3.8) is 0 Å². The van der Waals surface area contributed by atoms with Crippen LogP contribution in [0.15, 0.2) is 18.2 Å². The van der Waals surface area contributed by atoms with Crippen LogP contribution in [0, 0.1) is 23.7 Å². The number of rotatable bonds is 13. The lowest BCUT2D eigenvalue weighted by Crippen LogP contribution is -2.30. The monoisotopic (exact) mass is 474 g/mol. The molecule has 0 aromatic heterocycles. The van der Waals surface area contributed by atoms with E-state index >= 15 is 0 Å². The first-order valence-corrected chi connectivity index (χ1v) is 13.2. The van der Waals surface area contributed by atoms with Crippen LogP contribution in [0.3, 0.4) is 0 Å². The van der Waals surface area contributed by atoms with Gasteiger partial charge in [-0.3, -0.25) is 4.79 Å². The Morgan fingerprint density at radius 2 is 1.94 bits per heavy atom. The second-order valence-corrected chi connectivity index (χ2v) is 10.3. The minimum absolute atomic E-state index is 0.115. The summed E-state index contributed by atoms with van der Waals surface area (Å²) in [5.41, 5.74) is 2.30. The summed E-state index contributed by atoms with van der Waals surface area (Å²) in [5.74, 6) is 0.413. The van der Waals surface area contributed by atoms with Gasteiger partial charge in [0.2, 0.25) is 0 Å². The van der Waals surface area contributed by atoms with Gasteiger partial charge in [0.1, 0.15) is 11.9 Å². The molecule has 6 heteroatoms. The second-order valence-electron chi connectivity index (χ2n) is 10.3. The van der Waals surface area contributed by atoms with Crippen molar-refractivity contribution in [2.24, 2.45) is 23.7 Å². The van der Waals surface area contributed by atoms with Crippen molar-refractivity contribution < 1.29 is 29.3 Å². The SMILES string of the molecule is CCCCC[C@H](O)CC[C@@H]1[C@H]2Cc3cccc(OCC(=O)O)c3C[C@H]2C[C@H]1OC(=O)[C@H](C)CC. The Hall–Kier alpha value is -2.08. The smallest absolute Gasteiger partial charge is 0.341 e. The Morgan fingerprint density at radius 1 is 1.15 bits per heavy atom. The predicted octanol–water partition coefficient (Wildman–Crippen LogP) is 5.18. The number of carbonyl (C=O) groups is 2. The molecule has 6 nitrogen and oxygen atoms in total. The zero-order valence-electron chi connectivity index (χ0n) is 21.0. The molecule has 0 radical (unpaired) electrons. The summed E-state index contributed by atoms with van der Waals surface area (Å²) in [6.45, 7) is 5.73. The minimum atomic E-state index is -0.985. The normalized spacial score (nSPS) is 25.2. The fourth-order valence-corrected chi connectivity index (χ4v) is 5.78. The highest BCUT2D eigenvalue weighted by atomic mass is 16.5. The quantitative estimate of drug-likeness (QED) is 0.302. The Balaban J connectivity index is 1.74. The summed E-state index contributed by atoms with van der Waals surface area (Å²) in [6, 6.07) is 5.88. The van der Waals surface area contributed by atoms with Crippen LogP contribution in [0.2, 0.25) is 0 Å². The number of aliphatic hydroxyl groups is 1. The number of carbonyl (C=O) groups excluding carboxylic acids is 1. The standard InChI is InChI=1S/C28H42O6/c1-4-6-7-10-21(29)12-13-22-23-14-19-9-8-11-25(33-17-27(30)31)24(19)15-20(23)16-26(22)34-28(32)18(3)5-2/h8-9,11,18,20-23,26,29H,4-7,10,12-17H2,1-3H3,(H,30,31)/t18-,20+,21+,22-,23+,26-/m1/s1. The molecule has 6 atom stereocenters. The van der Waals surface area contributed by atoms with E-state index in [0.717, 1.165) is 69.8 Å². The summed E-state index contributed by atoms with van der Waals surface area (Å²) >= 11 is 0. The largest absolute Gasteiger partial charge is 0.482 e. The average Bonchev–Trinajstić information content (AvgIpc) is 3.15. The average molecular weight is 475 g/mol. The first kappa shape index (κ1) is 26.5. The minimum Gasteiger partial charge on any atom is -0.482 e. The second kappa shape index (κ2) is 12.6. The summed E-state index contributed by atoms with van der Waals surface area (Å²) in [4.78, 5) is 23.7. The lowest BCUT2D eigenvalue weighted by atomic mass is 9.73. The van der Waals surface area contributed by atoms with Crippen molar-refractivity contribution >= 4 is 11.9 Å². The van der Waals surface area contributed by atoms with Crippen molar-refractivity contribution in [1.29, 1.82) is 0 Å². The highest BCUT2D eigenvalue weighted by molar-refractivity contribution is 5.72. The third kappa shape index (κ3) is 6.74. The van der Waals surface area contributed by atoms with Crippen molar-refractivity contribution in [3.05, 3.63) is 29.3 Å². The Labute approximate surface area is 204 Å². The molecule has 0 bridgehead atoms. The number of hydrogen-bond donors (Lipinski definition) is 2. The molecule has 1 fully saturated rings. The lowest BCUT2D eigenvalue weighted by Gasteiger charge is -2.33. The molecule has 0 spiro atoms. The molecule has 0 amide bonds. The van der Waals surface area contributed by atoms with Gasteiger partial charge in [-0.2, -0.15) is 0 Å². The maximum Gasteiger partial charge on any atom is 0.341 e. The van der Waals surface area contributed by atoms with E-state index < -0.39 is 5.97 Å². The molecule has 1 saturated carbocycles. The van der Waals surface area contributed by atoms with Gasteiger partial charge in [-0.1, -0.05) is 52.2 Å². The molecule has 1 aromatic carbocycles. The van der Waals surface area contributed by atoms with E-state index in [4.69, 9.17) is 14.6 Å². The number of benzene rings is 1. The summed E-state index contributed by atoms with van der Waals surface area (Å²) in [5, 5.41) is 19.6. The van der Waals surface area contributed by atoms with Crippen LogP contribution in [-0.4, -0.2) is 41.0 Å². The van der Waals surface area contributed by atoms with Crippen LogP contribution in [0.4, 0.5) is 0 Å². The zero-order chi connectivity index (χ0) is 24.7. The Kier molecular flexibility index (Phi) is 9.81. The molecule has 190 valence electrons. The number of hydrogen-bond acceptors (Lipinski definition) is 5. The topological polar surface area (TPSA) is 93.1 Å². The third-order valence-electron chi connectivity index (χ3n) is 7.93. The van der Waals surface area contributed by atoms with Crippen molar-refractivity contribution in [1.82, 2.24) is 0 Å². The first-order chi connectivity index (χ1) is 16.3. The van der Waals surface area contributed by atoms with Gasteiger partial charge in [0.15, 0.2) is 6.61 Å². The van der Waals surface area contributed by atoms with Gasteiger partial charge >= 0.3 is 11.9 Å². The van der Waals surface area contributed by atoms with Gasteiger partial charge in [0.05, 0.1) is 12.0 Å². The van der Waals surface area contributed by atoms with Crippen molar-refractivity contribution in [2.75, 3.05) is 6.61 Å². The lowest BCUT2D eigenvalue weighted by molar-refractivity contribution is -0.156. The molecule has 34 heavy (non-hydrogen) atoms. The Bertz CT molecular complexity index is 821. The summed E-state index contributed by atoms with van der Waals surface area (Å²) in [6.07, 6.45) is 8.59. The fourth-order valence-electron chi connectivity index (χ4n) is 5.78. The molecule has 2 N–H and O–H groups in total. The highest BCUT2D eigenvalue weighted by Crippen LogP contribution is 2.49. The van der Waals surface area contributed by atoms with Crippen LogP contribution in [0.1, 0.15) is 83.3 Å². The van der Waals surface area contributed by atoms with Gasteiger partial charge in [-0.05, 0) is 79.9 Å². The number of carboxylic acids is 1. The number of esters is 1. The van der Waals surface area contributed by atoms with Gasteiger partial charge in [0.25, 0.3) is 0 Å². The molecular formula is C28H42O6. The van der Waals surface area contributed by atoms with E-state index in [1.807, 2.05) is 26.0 Å².